The highest BCUT2D eigenvalue weighted by atomic mass is 16.2. The van der Waals surface area contributed by atoms with E-state index >= 15 is 0 Å². The van der Waals surface area contributed by atoms with Gasteiger partial charge >= 0.3 is 6.03 Å². The van der Waals surface area contributed by atoms with Gasteiger partial charge in [-0.05, 0) is 43.6 Å². The molecule has 0 radical (unpaired) electrons. The van der Waals surface area contributed by atoms with Gasteiger partial charge in [-0.15, -0.1) is 0 Å². The number of amides is 3. The summed E-state index contributed by atoms with van der Waals surface area (Å²) in [6, 6.07) is 0.0414. The Labute approximate surface area is 176 Å². The molecule has 0 bridgehead atoms. The van der Waals surface area contributed by atoms with Crippen LogP contribution < -0.4 is 5.32 Å². The monoisotopic (exact) mass is 407 g/mol. The van der Waals surface area contributed by atoms with Crippen LogP contribution in [0.25, 0.3) is 0 Å². The maximum Gasteiger partial charge on any atom is 0.317 e. The van der Waals surface area contributed by atoms with Crippen LogP contribution in [0.1, 0.15) is 40.0 Å². The Kier molecular flexibility index (Phi) is 8.18. The van der Waals surface area contributed by atoms with Crippen molar-refractivity contribution >= 4 is 11.9 Å². The van der Waals surface area contributed by atoms with Crippen molar-refractivity contribution in [3.05, 3.63) is 0 Å². The molecule has 3 unspecified atom stereocenters. The van der Waals surface area contributed by atoms with Crippen LogP contribution in [0.15, 0.2) is 0 Å². The summed E-state index contributed by atoms with van der Waals surface area (Å²) in [6.45, 7) is 16.0. The van der Waals surface area contributed by atoms with E-state index in [0.717, 1.165) is 58.3 Å². The van der Waals surface area contributed by atoms with Crippen molar-refractivity contribution in [3.63, 3.8) is 0 Å². The third kappa shape index (κ3) is 6.85. The molecule has 0 aromatic carbocycles. The maximum atomic E-state index is 12.7. The Balaban J connectivity index is 1.32. The molecule has 3 heterocycles. The SMILES string of the molecule is CC1CCCN(CCNC(=O)N2CCN(CC(=O)N3CC(C)CC(C)C3)CC2)C1. The zero-order valence-electron chi connectivity index (χ0n) is 18.7. The predicted molar refractivity (Wildman–Crippen MR) is 116 cm³/mol. The second-order valence-corrected chi connectivity index (χ2v) is 9.79. The summed E-state index contributed by atoms with van der Waals surface area (Å²) in [5.74, 6) is 2.21. The molecule has 7 nitrogen and oxygen atoms in total. The lowest BCUT2D eigenvalue weighted by Gasteiger charge is -2.38. The largest absolute Gasteiger partial charge is 0.341 e. The van der Waals surface area contributed by atoms with Gasteiger partial charge in [-0.3, -0.25) is 9.69 Å². The van der Waals surface area contributed by atoms with E-state index < -0.39 is 0 Å². The minimum Gasteiger partial charge on any atom is -0.341 e. The van der Waals surface area contributed by atoms with Crippen molar-refractivity contribution in [2.75, 3.05) is 72.0 Å². The Hall–Kier alpha value is -1.34. The number of carbonyl (C=O) groups excluding carboxylic acids is 2. The predicted octanol–water partition coefficient (Wildman–Crippen LogP) is 1.55. The first-order valence-corrected chi connectivity index (χ1v) is 11.7. The summed E-state index contributed by atoms with van der Waals surface area (Å²) in [4.78, 5) is 33.7. The van der Waals surface area contributed by atoms with Crippen molar-refractivity contribution in [3.8, 4) is 0 Å². The molecule has 3 aliphatic heterocycles. The van der Waals surface area contributed by atoms with Crippen molar-refractivity contribution in [2.24, 2.45) is 17.8 Å². The summed E-state index contributed by atoms with van der Waals surface area (Å²) >= 11 is 0. The number of urea groups is 1. The minimum atomic E-state index is 0.0414. The Morgan fingerprint density at radius 2 is 1.52 bits per heavy atom. The molecule has 3 fully saturated rings. The van der Waals surface area contributed by atoms with Gasteiger partial charge in [-0.25, -0.2) is 4.79 Å². The summed E-state index contributed by atoms with van der Waals surface area (Å²) in [5.41, 5.74) is 0. The molecule has 29 heavy (non-hydrogen) atoms. The van der Waals surface area contributed by atoms with E-state index in [1.807, 2.05) is 9.80 Å². The zero-order valence-corrected chi connectivity index (χ0v) is 18.7. The fourth-order valence-corrected chi connectivity index (χ4v) is 5.19. The second-order valence-electron chi connectivity index (χ2n) is 9.79. The van der Waals surface area contributed by atoms with Gasteiger partial charge in [0.05, 0.1) is 6.54 Å². The number of hydrogen-bond donors (Lipinski definition) is 1. The van der Waals surface area contributed by atoms with Gasteiger partial charge in [0, 0.05) is 58.9 Å². The minimum absolute atomic E-state index is 0.0414. The zero-order chi connectivity index (χ0) is 20.8. The molecule has 3 aliphatic rings. The van der Waals surface area contributed by atoms with Crippen molar-refractivity contribution in [2.45, 2.75) is 40.0 Å². The lowest BCUT2D eigenvalue weighted by molar-refractivity contribution is -0.135. The fourth-order valence-electron chi connectivity index (χ4n) is 5.19. The van der Waals surface area contributed by atoms with Crippen molar-refractivity contribution in [1.82, 2.24) is 24.9 Å². The number of hydrogen-bond acceptors (Lipinski definition) is 4. The van der Waals surface area contributed by atoms with Crippen LogP contribution in [-0.4, -0.2) is 104 Å². The van der Waals surface area contributed by atoms with Crippen LogP contribution in [0.3, 0.4) is 0 Å². The molecule has 3 rings (SSSR count). The first-order valence-electron chi connectivity index (χ1n) is 11.7. The van der Waals surface area contributed by atoms with Gasteiger partial charge in [-0.1, -0.05) is 20.8 Å². The van der Waals surface area contributed by atoms with Crippen LogP contribution >= 0.6 is 0 Å². The molecular formula is C22H41N5O2. The number of piperidine rings is 2. The second kappa shape index (κ2) is 10.6. The topological polar surface area (TPSA) is 59.1 Å². The highest BCUT2D eigenvalue weighted by Gasteiger charge is 2.28. The molecule has 3 atom stereocenters. The molecule has 166 valence electrons. The summed E-state index contributed by atoms with van der Waals surface area (Å²) in [6.07, 6.45) is 3.81. The quantitative estimate of drug-likeness (QED) is 0.751. The van der Waals surface area contributed by atoms with Gasteiger partial charge < -0.3 is 20.0 Å². The highest BCUT2D eigenvalue weighted by Crippen LogP contribution is 2.21. The van der Waals surface area contributed by atoms with E-state index in [1.165, 1.54) is 19.3 Å². The molecule has 3 amide bonds. The smallest absolute Gasteiger partial charge is 0.317 e. The average molecular weight is 408 g/mol. The lowest BCUT2D eigenvalue weighted by atomic mass is 9.92. The summed E-state index contributed by atoms with van der Waals surface area (Å²) < 4.78 is 0. The van der Waals surface area contributed by atoms with E-state index in [2.05, 4.69) is 35.9 Å². The standard InChI is InChI=1S/C22H41N5O2/c1-18-5-4-7-24(14-18)8-6-23-22(29)26-11-9-25(10-12-26)17-21(28)27-15-19(2)13-20(3)16-27/h18-20H,4-17H2,1-3H3,(H,23,29). The van der Waals surface area contributed by atoms with Crippen LogP contribution in [0.5, 0.6) is 0 Å². The number of rotatable bonds is 5. The third-order valence-electron chi connectivity index (χ3n) is 6.69. The van der Waals surface area contributed by atoms with Gasteiger partial charge in [0.25, 0.3) is 0 Å². The number of nitrogens with zero attached hydrogens (tertiary/aromatic N) is 4. The molecule has 0 aliphatic carbocycles. The number of nitrogens with one attached hydrogen (secondary N) is 1. The van der Waals surface area contributed by atoms with Crippen LogP contribution in [0.2, 0.25) is 0 Å². The fraction of sp³-hybridized carbons (Fsp3) is 0.909. The number of carbonyl (C=O) groups is 2. The van der Waals surface area contributed by atoms with Crippen molar-refractivity contribution < 1.29 is 9.59 Å². The Morgan fingerprint density at radius 1 is 0.828 bits per heavy atom. The van der Waals surface area contributed by atoms with E-state index in [4.69, 9.17) is 0 Å². The third-order valence-corrected chi connectivity index (χ3v) is 6.69. The normalized spacial score (nSPS) is 29.7. The van der Waals surface area contributed by atoms with Gasteiger partial charge in [0.15, 0.2) is 0 Å². The van der Waals surface area contributed by atoms with Gasteiger partial charge in [0.2, 0.25) is 5.91 Å². The van der Waals surface area contributed by atoms with Gasteiger partial charge in [-0.2, -0.15) is 0 Å². The molecule has 0 saturated carbocycles. The van der Waals surface area contributed by atoms with Gasteiger partial charge in [0.1, 0.15) is 0 Å². The summed E-state index contributed by atoms with van der Waals surface area (Å²) in [7, 11) is 0. The highest BCUT2D eigenvalue weighted by molar-refractivity contribution is 5.78. The molecule has 1 N–H and O–H groups in total. The first-order chi connectivity index (χ1) is 13.9. The molecular weight excluding hydrogens is 366 g/mol. The van der Waals surface area contributed by atoms with Crippen molar-refractivity contribution in [1.29, 1.82) is 0 Å². The van der Waals surface area contributed by atoms with E-state index in [-0.39, 0.29) is 11.9 Å². The Bertz CT molecular complexity index is 539. The van der Waals surface area contributed by atoms with E-state index in [1.54, 1.807) is 0 Å². The molecule has 7 heteroatoms. The van der Waals surface area contributed by atoms with Crippen LogP contribution in [-0.2, 0) is 4.79 Å². The Morgan fingerprint density at radius 3 is 2.17 bits per heavy atom. The van der Waals surface area contributed by atoms with Crippen LogP contribution in [0.4, 0.5) is 4.79 Å². The molecule has 3 saturated heterocycles. The van der Waals surface area contributed by atoms with Crippen LogP contribution in [0, 0.1) is 17.8 Å². The first kappa shape index (κ1) is 22.3. The van der Waals surface area contributed by atoms with E-state index in [9.17, 15) is 9.59 Å². The summed E-state index contributed by atoms with van der Waals surface area (Å²) in [5, 5.41) is 3.08. The molecule has 0 spiro atoms. The lowest BCUT2D eigenvalue weighted by Crippen LogP contribution is -2.55. The van der Waals surface area contributed by atoms with E-state index in [0.29, 0.717) is 31.5 Å². The molecule has 0 aromatic rings. The number of piperazine rings is 1. The average Bonchev–Trinajstić information content (AvgIpc) is 2.68. The maximum absolute atomic E-state index is 12.7. The number of likely N-dealkylation sites (tertiary alicyclic amines) is 2. The molecule has 0 aromatic heterocycles.